The Labute approximate surface area is 183 Å². The van der Waals surface area contributed by atoms with Crippen LogP contribution in [0.3, 0.4) is 0 Å². The van der Waals surface area contributed by atoms with E-state index in [1.54, 1.807) is 6.20 Å². The molecule has 0 atom stereocenters. The van der Waals surface area contributed by atoms with Crippen LogP contribution in [0.2, 0.25) is 0 Å². The molecular weight excluding hydrogens is 444 g/mol. The first-order valence-corrected chi connectivity index (χ1v) is 10.5. The zero-order valence-corrected chi connectivity index (χ0v) is 17.9. The highest BCUT2D eigenvalue weighted by atomic mass is 79.9. The van der Waals surface area contributed by atoms with Crippen molar-refractivity contribution < 1.29 is 9.53 Å². The van der Waals surface area contributed by atoms with Gasteiger partial charge in [0.1, 0.15) is 23.0 Å². The molecule has 0 aliphatic carbocycles. The lowest BCUT2D eigenvalue weighted by molar-refractivity contribution is -0.116. The molecule has 2 heterocycles. The number of nitrogens with one attached hydrogen (secondary N) is 2. The van der Waals surface area contributed by atoms with Crippen molar-refractivity contribution in [2.45, 2.75) is 12.8 Å². The Morgan fingerprint density at radius 2 is 1.97 bits per heavy atom. The minimum atomic E-state index is -0.0250. The summed E-state index contributed by atoms with van der Waals surface area (Å²) in [6.07, 6.45) is 2.73. The summed E-state index contributed by atoms with van der Waals surface area (Å²) in [7, 11) is 0. The van der Waals surface area contributed by atoms with Crippen LogP contribution in [0.25, 0.3) is 0 Å². The second-order valence-corrected chi connectivity index (χ2v) is 7.76. The highest BCUT2D eigenvalue weighted by Gasteiger charge is 2.11. The van der Waals surface area contributed by atoms with Crippen molar-refractivity contribution in [3.8, 4) is 11.5 Å². The maximum Gasteiger partial charge on any atom is 0.224 e. The van der Waals surface area contributed by atoms with Crippen LogP contribution in [-0.2, 0) is 11.2 Å². The fourth-order valence-corrected chi connectivity index (χ4v) is 3.52. The molecule has 1 aliphatic rings. The van der Waals surface area contributed by atoms with Crippen LogP contribution in [0, 0.1) is 0 Å². The molecule has 1 amide bonds. The molecule has 0 bridgehead atoms. The number of hydrogen-bond acceptors (Lipinski definition) is 5. The van der Waals surface area contributed by atoms with Gasteiger partial charge in [-0.2, -0.15) is 0 Å². The third-order valence-corrected chi connectivity index (χ3v) is 5.02. The summed E-state index contributed by atoms with van der Waals surface area (Å²) < 4.78 is 6.94. The largest absolute Gasteiger partial charge is 0.457 e. The van der Waals surface area contributed by atoms with Crippen molar-refractivity contribution in [3.05, 3.63) is 82.6 Å². The molecule has 4 rings (SSSR count). The van der Waals surface area contributed by atoms with Crippen molar-refractivity contribution in [1.82, 2.24) is 10.3 Å². The third-order valence-electron chi connectivity index (χ3n) is 4.53. The average Bonchev–Trinajstić information content (AvgIpc) is 3.28. The van der Waals surface area contributed by atoms with Gasteiger partial charge in [-0.05, 0) is 48.4 Å². The van der Waals surface area contributed by atoms with E-state index in [4.69, 9.17) is 4.74 Å². The molecule has 30 heavy (non-hydrogen) atoms. The molecule has 0 fully saturated rings. The highest BCUT2D eigenvalue weighted by Crippen LogP contribution is 2.23. The smallest absolute Gasteiger partial charge is 0.224 e. The Balaban J connectivity index is 1.36. The van der Waals surface area contributed by atoms with Crippen molar-refractivity contribution in [3.63, 3.8) is 0 Å². The fourth-order valence-electron chi connectivity index (χ4n) is 3.12. The number of benzene rings is 2. The number of carbonyl (C=O) groups is 1. The SMILES string of the molecule is O=C(CCc1cccc(Oc2ccnc(C3=NCCN3)c2)c1)Nc1cccc(Br)c1. The van der Waals surface area contributed by atoms with E-state index in [2.05, 4.69) is 36.5 Å². The highest BCUT2D eigenvalue weighted by molar-refractivity contribution is 9.10. The predicted molar refractivity (Wildman–Crippen MR) is 121 cm³/mol. The molecule has 7 heteroatoms. The van der Waals surface area contributed by atoms with Gasteiger partial charge in [0.25, 0.3) is 0 Å². The summed E-state index contributed by atoms with van der Waals surface area (Å²) in [5.41, 5.74) is 2.58. The number of aryl methyl sites for hydroxylation is 1. The lowest BCUT2D eigenvalue weighted by Crippen LogP contribution is -2.20. The lowest BCUT2D eigenvalue weighted by Gasteiger charge is -2.09. The standard InChI is InChI=1S/C23H21BrN4O2/c24-17-4-2-5-18(14-17)28-22(29)8-7-16-3-1-6-19(13-16)30-20-9-10-25-21(15-20)23-26-11-12-27-23/h1-6,9-10,13-15H,7-8,11-12H2,(H,26,27)(H,28,29). The number of amides is 1. The lowest BCUT2D eigenvalue weighted by atomic mass is 10.1. The Morgan fingerprint density at radius 1 is 1.10 bits per heavy atom. The van der Waals surface area contributed by atoms with Gasteiger partial charge < -0.3 is 15.4 Å². The van der Waals surface area contributed by atoms with Crippen LogP contribution < -0.4 is 15.4 Å². The van der Waals surface area contributed by atoms with Crippen LogP contribution in [-0.4, -0.2) is 29.8 Å². The maximum absolute atomic E-state index is 12.3. The fraction of sp³-hybridized carbons (Fsp3) is 0.174. The number of halogens is 1. The summed E-state index contributed by atoms with van der Waals surface area (Å²) >= 11 is 3.41. The first kappa shape index (κ1) is 20.1. The van der Waals surface area contributed by atoms with Crippen molar-refractivity contribution in [2.75, 3.05) is 18.4 Å². The second-order valence-electron chi connectivity index (χ2n) is 6.84. The molecule has 2 N–H and O–H groups in total. The maximum atomic E-state index is 12.3. The summed E-state index contributed by atoms with van der Waals surface area (Å²) in [5, 5.41) is 6.13. The monoisotopic (exact) mass is 464 g/mol. The van der Waals surface area contributed by atoms with Gasteiger partial charge in [0.15, 0.2) is 0 Å². The van der Waals surface area contributed by atoms with Crippen molar-refractivity contribution >= 4 is 33.4 Å². The van der Waals surface area contributed by atoms with E-state index < -0.39 is 0 Å². The topological polar surface area (TPSA) is 75.6 Å². The molecule has 0 saturated carbocycles. The molecule has 0 spiro atoms. The van der Waals surface area contributed by atoms with E-state index in [1.165, 1.54) is 0 Å². The van der Waals surface area contributed by atoms with Gasteiger partial charge in [-0.3, -0.25) is 14.8 Å². The zero-order chi connectivity index (χ0) is 20.8. The van der Waals surface area contributed by atoms with E-state index in [9.17, 15) is 4.79 Å². The van der Waals surface area contributed by atoms with Gasteiger partial charge in [0.05, 0.1) is 6.54 Å². The number of pyridine rings is 1. The number of amidine groups is 1. The van der Waals surface area contributed by atoms with E-state index in [-0.39, 0.29) is 5.91 Å². The van der Waals surface area contributed by atoms with Gasteiger partial charge in [-0.15, -0.1) is 0 Å². The number of ether oxygens (including phenoxy) is 1. The molecular formula is C23H21BrN4O2. The van der Waals surface area contributed by atoms with E-state index in [0.717, 1.165) is 46.1 Å². The number of nitrogens with zero attached hydrogens (tertiary/aromatic N) is 2. The van der Waals surface area contributed by atoms with Crippen molar-refractivity contribution in [2.24, 2.45) is 4.99 Å². The quantitative estimate of drug-likeness (QED) is 0.537. The van der Waals surface area contributed by atoms with Crippen LogP contribution in [0.1, 0.15) is 17.7 Å². The predicted octanol–water partition coefficient (Wildman–Crippen LogP) is 4.56. The van der Waals surface area contributed by atoms with Crippen LogP contribution in [0.5, 0.6) is 11.5 Å². The number of hydrogen-bond donors (Lipinski definition) is 2. The molecule has 3 aromatic rings. The average molecular weight is 465 g/mol. The Bertz CT molecular complexity index is 1080. The summed E-state index contributed by atoms with van der Waals surface area (Å²) in [6.45, 7) is 1.60. The number of rotatable bonds is 7. The van der Waals surface area contributed by atoms with Gasteiger partial charge >= 0.3 is 0 Å². The molecule has 1 aromatic heterocycles. The number of carbonyl (C=O) groups excluding carboxylic acids is 1. The van der Waals surface area contributed by atoms with Gasteiger partial charge in [-0.25, -0.2) is 0 Å². The number of anilines is 1. The minimum absolute atomic E-state index is 0.0250. The molecule has 0 unspecified atom stereocenters. The summed E-state index contributed by atoms with van der Waals surface area (Å²) in [6, 6.07) is 19.0. The molecule has 0 radical (unpaired) electrons. The van der Waals surface area contributed by atoms with Gasteiger partial charge in [0.2, 0.25) is 5.91 Å². The zero-order valence-electron chi connectivity index (χ0n) is 16.3. The van der Waals surface area contributed by atoms with Crippen LogP contribution >= 0.6 is 15.9 Å². The van der Waals surface area contributed by atoms with Crippen LogP contribution in [0.4, 0.5) is 5.69 Å². The van der Waals surface area contributed by atoms with Crippen molar-refractivity contribution in [1.29, 1.82) is 0 Å². The second kappa shape index (κ2) is 9.54. The summed E-state index contributed by atoms with van der Waals surface area (Å²) in [5.74, 6) is 2.19. The molecule has 6 nitrogen and oxygen atoms in total. The van der Waals surface area contributed by atoms with E-state index >= 15 is 0 Å². The van der Waals surface area contributed by atoms with E-state index in [0.29, 0.717) is 18.6 Å². The number of aliphatic imine (C=N–C) groups is 1. The summed E-state index contributed by atoms with van der Waals surface area (Å²) in [4.78, 5) is 21.0. The van der Waals surface area contributed by atoms with E-state index in [1.807, 2.05) is 60.7 Å². The molecule has 2 aromatic carbocycles. The first-order valence-electron chi connectivity index (χ1n) is 9.73. The van der Waals surface area contributed by atoms with Gasteiger partial charge in [-0.1, -0.05) is 34.1 Å². The minimum Gasteiger partial charge on any atom is -0.457 e. The molecule has 152 valence electrons. The molecule has 1 aliphatic heterocycles. The van der Waals surface area contributed by atoms with Gasteiger partial charge in [0, 0.05) is 35.4 Å². The number of aromatic nitrogens is 1. The normalized spacial score (nSPS) is 12.8. The first-order chi connectivity index (χ1) is 14.7. The third kappa shape index (κ3) is 5.45. The Kier molecular flexibility index (Phi) is 6.39. The van der Waals surface area contributed by atoms with Crippen LogP contribution in [0.15, 0.2) is 76.3 Å². The molecule has 0 saturated heterocycles. The Hall–Kier alpha value is -3.19. The Morgan fingerprint density at radius 3 is 2.80 bits per heavy atom.